The fraction of sp³-hybridized carbons (Fsp3) is 0.143. The Kier molecular flexibility index (Phi) is 4.67. The molecule has 21 heavy (non-hydrogen) atoms. The molecule has 0 radical (unpaired) electrons. The highest BCUT2D eigenvalue weighted by molar-refractivity contribution is 6.32. The predicted molar refractivity (Wildman–Crippen MR) is 80.3 cm³/mol. The van der Waals surface area contributed by atoms with Gasteiger partial charge in [-0.25, -0.2) is 0 Å². The van der Waals surface area contributed by atoms with Crippen LogP contribution in [0.5, 0.6) is 11.5 Å². The van der Waals surface area contributed by atoms with Crippen molar-refractivity contribution in [3.63, 3.8) is 0 Å². The standard InChI is InChI=1S/C14H11Cl2NO4/c1-8(18)11-4-2-9(6-12(11)15)21-10-3-5-14(17(19)20)13(16)7-10/h2-8,18H,1H3. The summed E-state index contributed by atoms with van der Waals surface area (Å²) in [6.07, 6.45) is -0.680. The summed E-state index contributed by atoms with van der Waals surface area (Å²) in [6, 6.07) is 8.91. The summed E-state index contributed by atoms with van der Waals surface area (Å²) in [7, 11) is 0. The lowest BCUT2D eigenvalue weighted by Crippen LogP contribution is -1.93. The first-order chi connectivity index (χ1) is 9.88. The lowest BCUT2D eigenvalue weighted by atomic mass is 10.1. The fourth-order valence-corrected chi connectivity index (χ4v) is 2.31. The van der Waals surface area contributed by atoms with Crippen LogP contribution in [0.3, 0.4) is 0 Å². The number of halogens is 2. The van der Waals surface area contributed by atoms with Crippen LogP contribution in [0.1, 0.15) is 18.6 Å². The van der Waals surface area contributed by atoms with E-state index in [1.165, 1.54) is 18.2 Å². The summed E-state index contributed by atoms with van der Waals surface area (Å²) in [5.41, 5.74) is 0.400. The van der Waals surface area contributed by atoms with Crippen LogP contribution in [0, 0.1) is 10.1 Å². The van der Waals surface area contributed by atoms with Crippen LogP contribution in [-0.4, -0.2) is 10.0 Å². The van der Waals surface area contributed by atoms with Crippen molar-refractivity contribution in [2.75, 3.05) is 0 Å². The van der Waals surface area contributed by atoms with Gasteiger partial charge in [0, 0.05) is 12.1 Å². The number of nitro groups is 1. The summed E-state index contributed by atoms with van der Waals surface area (Å²) in [4.78, 5) is 10.1. The quantitative estimate of drug-likeness (QED) is 0.649. The van der Waals surface area contributed by atoms with Crippen LogP contribution in [0.15, 0.2) is 36.4 Å². The number of nitro benzene ring substituents is 1. The van der Waals surface area contributed by atoms with Crippen molar-refractivity contribution in [1.82, 2.24) is 0 Å². The van der Waals surface area contributed by atoms with Crippen LogP contribution in [0.25, 0.3) is 0 Å². The average molecular weight is 328 g/mol. The van der Waals surface area contributed by atoms with Crippen LogP contribution >= 0.6 is 23.2 Å². The van der Waals surface area contributed by atoms with E-state index in [1.54, 1.807) is 25.1 Å². The van der Waals surface area contributed by atoms with Crippen molar-refractivity contribution in [1.29, 1.82) is 0 Å². The van der Waals surface area contributed by atoms with E-state index in [-0.39, 0.29) is 10.7 Å². The lowest BCUT2D eigenvalue weighted by Gasteiger charge is -2.10. The molecule has 0 heterocycles. The first-order valence-electron chi connectivity index (χ1n) is 5.98. The Morgan fingerprint density at radius 3 is 2.19 bits per heavy atom. The number of benzene rings is 2. The zero-order valence-corrected chi connectivity index (χ0v) is 12.4. The maximum Gasteiger partial charge on any atom is 0.288 e. The SMILES string of the molecule is CC(O)c1ccc(Oc2ccc([N+](=O)[O-])c(Cl)c2)cc1Cl. The minimum absolute atomic E-state index is 0.0100. The molecule has 0 saturated carbocycles. The number of hydrogen-bond acceptors (Lipinski definition) is 4. The van der Waals surface area contributed by atoms with Crippen molar-refractivity contribution < 1.29 is 14.8 Å². The fourth-order valence-electron chi connectivity index (χ4n) is 1.75. The van der Waals surface area contributed by atoms with E-state index in [0.29, 0.717) is 22.1 Å². The molecule has 0 bridgehead atoms. The van der Waals surface area contributed by atoms with Gasteiger partial charge in [-0.15, -0.1) is 0 Å². The highest BCUT2D eigenvalue weighted by Gasteiger charge is 2.13. The second-order valence-corrected chi connectivity index (χ2v) is 5.15. The maximum atomic E-state index is 10.7. The third-order valence-electron chi connectivity index (χ3n) is 2.77. The average Bonchev–Trinajstić information content (AvgIpc) is 2.37. The van der Waals surface area contributed by atoms with Gasteiger partial charge >= 0.3 is 0 Å². The minimum atomic E-state index is -0.680. The molecule has 0 aliphatic heterocycles. The smallest absolute Gasteiger partial charge is 0.288 e. The normalized spacial score (nSPS) is 12.0. The van der Waals surface area contributed by atoms with Gasteiger partial charge in [0.05, 0.1) is 16.0 Å². The predicted octanol–water partition coefficient (Wildman–Crippen LogP) is 4.75. The van der Waals surface area contributed by atoms with Gasteiger partial charge in [0.25, 0.3) is 5.69 Å². The Balaban J connectivity index is 2.24. The van der Waals surface area contributed by atoms with Gasteiger partial charge in [0.15, 0.2) is 0 Å². The molecule has 1 unspecified atom stereocenters. The summed E-state index contributed by atoms with van der Waals surface area (Å²) in [5, 5.41) is 20.5. The molecular formula is C14H11Cl2NO4. The summed E-state index contributed by atoms with van der Waals surface area (Å²) < 4.78 is 5.54. The van der Waals surface area contributed by atoms with Gasteiger partial charge in [0.1, 0.15) is 16.5 Å². The topological polar surface area (TPSA) is 72.6 Å². The van der Waals surface area contributed by atoms with Crippen molar-refractivity contribution in [3.05, 3.63) is 62.1 Å². The van der Waals surface area contributed by atoms with E-state index in [4.69, 9.17) is 27.9 Å². The lowest BCUT2D eigenvalue weighted by molar-refractivity contribution is -0.384. The molecule has 2 rings (SSSR count). The third-order valence-corrected chi connectivity index (χ3v) is 3.40. The molecule has 1 N–H and O–H groups in total. The van der Waals surface area contributed by atoms with E-state index in [1.807, 2.05) is 0 Å². The summed E-state index contributed by atoms with van der Waals surface area (Å²) >= 11 is 11.8. The Hall–Kier alpha value is -1.82. The van der Waals surface area contributed by atoms with Gasteiger partial charge in [-0.2, -0.15) is 0 Å². The van der Waals surface area contributed by atoms with E-state index >= 15 is 0 Å². The first-order valence-corrected chi connectivity index (χ1v) is 6.73. The van der Waals surface area contributed by atoms with E-state index in [9.17, 15) is 15.2 Å². The molecule has 7 heteroatoms. The number of nitrogens with zero attached hydrogens (tertiary/aromatic N) is 1. The highest BCUT2D eigenvalue weighted by Crippen LogP contribution is 2.33. The maximum absolute atomic E-state index is 10.7. The Bertz CT molecular complexity index is 689. The molecule has 0 amide bonds. The van der Waals surface area contributed by atoms with Crippen LogP contribution < -0.4 is 4.74 Å². The summed E-state index contributed by atoms with van der Waals surface area (Å²) in [6.45, 7) is 1.61. The molecule has 0 aromatic heterocycles. The van der Waals surface area contributed by atoms with Gasteiger partial charge in [-0.1, -0.05) is 29.3 Å². The van der Waals surface area contributed by atoms with Crippen molar-refractivity contribution in [2.45, 2.75) is 13.0 Å². The minimum Gasteiger partial charge on any atom is -0.457 e. The number of hydrogen-bond donors (Lipinski definition) is 1. The monoisotopic (exact) mass is 327 g/mol. The van der Waals surface area contributed by atoms with Gasteiger partial charge in [-0.3, -0.25) is 10.1 Å². The molecule has 2 aromatic carbocycles. The number of aliphatic hydroxyl groups is 1. The molecule has 110 valence electrons. The van der Waals surface area contributed by atoms with Crippen LogP contribution in [-0.2, 0) is 0 Å². The van der Waals surface area contributed by atoms with Crippen LogP contribution in [0.2, 0.25) is 10.0 Å². The molecular weight excluding hydrogens is 317 g/mol. The Morgan fingerprint density at radius 1 is 1.14 bits per heavy atom. The molecule has 0 saturated heterocycles. The Labute approximate surface area is 130 Å². The van der Waals surface area contributed by atoms with Crippen LogP contribution in [0.4, 0.5) is 5.69 Å². The molecule has 0 spiro atoms. The van der Waals surface area contributed by atoms with E-state index in [2.05, 4.69) is 0 Å². The first kappa shape index (κ1) is 15.6. The number of rotatable bonds is 4. The number of ether oxygens (including phenoxy) is 1. The second-order valence-electron chi connectivity index (χ2n) is 4.33. The molecule has 0 aliphatic rings. The molecule has 1 atom stereocenters. The largest absolute Gasteiger partial charge is 0.457 e. The molecule has 5 nitrogen and oxygen atoms in total. The third kappa shape index (κ3) is 3.64. The van der Waals surface area contributed by atoms with Gasteiger partial charge in [-0.05, 0) is 30.7 Å². The highest BCUT2D eigenvalue weighted by atomic mass is 35.5. The second kappa shape index (κ2) is 6.30. The Morgan fingerprint density at radius 2 is 1.71 bits per heavy atom. The van der Waals surface area contributed by atoms with Crippen molar-refractivity contribution in [2.24, 2.45) is 0 Å². The van der Waals surface area contributed by atoms with Crippen molar-refractivity contribution >= 4 is 28.9 Å². The van der Waals surface area contributed by atoms with E-state index in [0.717, 1.165) is 0 Å². The van der Waals surface area contributed by atoms with Crippen molar-refractivity contribution in [3.8, 4) is 11.5 Å². The van der Waals surface area contributed by atoms with Gasteiger partial charge < -0.3 is 9.84 Å². The number of aliphatic hydroxyl groups excluding tert-OH is 1. The zero-order chi connectivity index (χ0) is 15.6. The molecule has 2 aromatic rings. The summed E-state index contributed by atoms with van der Waals surface area (Å²) in [5.74, 6) is 0.792. The molecule has 0 aliphatic carbocycles. The van der Waals surface area contributed by atoms with Gasteiger partial charge in [0.2, 0.25) is 0 Å². The van der Waals surface area contributed by atoms with E-state index < -0.39 is 11.0 Å². The zero-order valence-electron chi connectivity index (χ0n) is 10.9. The molecule has 0 fully saturated rings.